The van der Waals surface area contributed by atoms with Gasteiger partial charge in [-0.1, -0.05) is 21.7 Å². The zero-order valence-electron chi connectivity index (χ0n) is 10.3. The Morgan fingerprint density at radius 2 is 2.21 bits per heavy atom. The summed E-state index contributed by atoms with van der Waals surface area (Å²) in [5, 5.41) is 11.0. The van der Waals surface area contributed by atoms with E-state index in [1.54, 1.807) is 0 Å². The summed E-state index contributed by atoms with van der Waals surface area (Å²) in [6.07, 6.45) is 0. The summed E-state index contributed by atoms with van der Waals surface area (Å²) in [7, 11) is 0. The molecule has 2 aromatic heterocycles. The van der Waals surface area contributed by atoms with Crippen LogP contribution >= 0.6 is 11.5 Å². The molecule has 3 rings (SSSR count). The van der Waals surface area contributed by atoms with Crippen LogP contribution in [0.25, 0.3) is 11.0 Å². The minimum absolute atomic E-state index is 0.288. The number of nitrogens with zero attached hydrogens (tertiary/aromatic N) is 3. The van der Waals surface area contributed by atoms with E-state index in [4.69, 9.17) is 4.42 Å². The summed E-state index contributed by atoms with van der Waals surface area (Å²) in [4.78, 5) is 12.1. The maximum absolute atomic E-state index is 12.1. The Morgan fingerprint density at radius 3 is 2.95 bits per heavy atom. The normalized spacial score (nSPS) is 10.8. The molecular weight excluding hydrogens is 264 g/mol. The lowest BCUT2D eigenvalue weighted by Crippen LogP contribution is -2.11. The Morgan fingerprint density at radius 1 is 1.37 bits per heavy atom. The molecule has 1 N–H and O–H groups in total. The number of hydrogen-bond acceptors (Lipinski definition) is 6. The molecule has 2 heterocycles. The molecule has 0 unspecified atom stereocenters. The number of amides is 1. The second kappa shape index (κ2) is 4.43. The van der Waals surface area contributed by atoms with Gasteiger partial charge in [-0.25, -0.2) is 0 Å². The third kappa shape index (κ3) is 2.08. The first kappa shape index (κ1) is 11.8. The molecule has 1 aromatic carbocycles. The number of hydrogen-bond donors (Lipinski definition) is 1. The van der Waals surface area contributed by atoms with Gasteiger partial charge in [0, 0.05) is 22.5 Å². The number of aryl methyl sites for hydroxylation is 2. The van der Waals surface area contributed by atoms with Crippen LogP contribution in [0.15, 0.2) is 22.6 Å². The first-order valence-corrected chi connectivity index (χ1v) is 6.38. The molecule has 0 radical (unpaired) electrons. The van der Waals surface area contributed by atoms with Gasteiger partial charge >= 0.3 is 0 Å². The molecule has 0 atom stereocenters. The lowest BCUT2D eigenvalue weighted by molar-refractivity contribution is 0.0998. The van der Waals surface area contributed by atoms with Crippen molar-refractivity contribution in [2.45, 2.75) is 13.8 Å². The van der Waals surface area contributed by atoms with Crippen molar-refractivity contribution < 1.29 is 9.21 Å². The van der Waals surface area contributed by atoms with Crippen LogP contribution in [0.2, 0.25) is 0 Å². The molecule has 0 saturated carbocycles. The molecule has 0 aliphatic heterocycles. The van der Waals surface area contributed by atoms with Crippen molar-refractivity contribution in [3.05, 3.63) is 35.1 Å². The lowest BCUT2D eigenvalue weighted by Gasteiger charge is -1.97. The maximum atomic E-state index is 12.1. The van der Waals surface area contributed by atoms with Gasteiger partial charge in [-0.15, -0.1) is 0 Å². The smallest absolute Gasteiger partial charge is 0.293 e. The summed E-state index contributed by atoms with van der Waals surface area (Å²) < 4.78 is 9.20. The number of benzene rings is 1. The largest absolute Gasteiger partial charge is 0.451 e. The van der Waals surface area contributed by atoms with Gasteiger partial charge in [-0.05, 0) is 30.7 Å². The average Bonchev–Trinajstić information content (AvgIpc) is 2.97. The Hall–Kier alpha value is -2.28. The number of rotatable bonds is 2. The summed E-state index contributed by atoms with van der Waals surface area (Å²) in [6, 6.07) is 5.85. The topological polar surface area (TPSA) is 80.9 Å². The van der Waals surface area contributed by atoms with Gasteiger partial charge in [0.15, 0.2) is 5.76 Å². The van der Waals surface area contributed by atoms with Crippen LogP contribution in [0.3, 0.4) is 0 Å². The van der Waals surface area contributed by atoms with Gasteiger partial charge in [0.1, 0.15) is 5.58 Å². The van der Waals surface area contributed by atoms with Crippen LogP contribution in [0.5, 0.6) is 0 Å². The monoisotopic (exact) mass is 274 g/mol. The number of furan rings is 1. The van der Waals surface area contributed by atoms with Crippen LogP contribution < -0.4 is 5.32 Å². The number of anilines is 1. The minimum atomic E-state index is -0.343. The fraction of sp³-hybridized carbons (Fsp3) is 0.167. The molecule has 96 valence electrons. The van der Waals surface area contributed by atoms with Crippen molar-refractivity contribution in [2.24, 2.45) is 0 Å². The highest BCUT2D eigenvalue weighted by atomic mass is 32.1. The van der Waals surface area contributed by atoms with Crippen LogP contribution in [0.1, 0.15) is 21.7 Å². The molecule has 0 saturated heterocycles. The van der Waals surface area contributed by atoms with Gasteiger partial charge in [-0.2, -0.15) is 0 Å². The van der Waals surface area contributed by atoms with Crippen LogP contribution in [-0.2, 0) is 0 Å². The third-order valence-electron chi connectivity index (χ3n) is 2.82. The van der Waals surface area contributed by atoms with Crippen molar-refractivity contribution in [3.8, 4) is 0 Å². The van der Waals surface area contributed by atoms with E-state index in [1.165, 1.54) is 0 Å². The highest BCUT2D eigenvalue weighted by Crippen LogP contribution is 2.26. The van der Waals surface area contributed by atoms with Gasteiger partial charge in [0.25, 0.3) is 5.91 Å². The lowest BCUT2D eigenvalue weighted by atomic mass is 10.1. The molecular formula is C12H10N4O2S. The molecule has 3 aromatic rings. The summed E-state index contributed by atoms with van der Waals surface area (Å²) >= 11 is 1.02. The van der Waals surface area contributed by atoms with Crippen molar-refractivity contribution in [2.75, 3.05) is 5.32 Å². The molecule has 19 heavy (non-hydrogen) atoms. The van der Waals surface area contributed by atoms with E-state index in [9.17, 15) is 4.79 Å². The van der Waals surface area contributed by atoms with E-state index in [1.807, 2.05) is 32.0 Å². The Balaban J connectivity index is 2.00. The van der Waals surface area contributed by atoms with Crippen LogP contribution in [0, 0.1) is 13.8 Å². The van der Waals surface area contributed by atoms with Crippen molar-refractivity contribution in [3.63, 3.8) is 0 Å². The maximum Gasteiger partial charge on any atom is 0.293 e. The van der Waals surface area contributed by atoms with E-state index < -0.39 is 0 Å². The van der Waals surface area contributed by atoms with Gasteiger partial charge in [0.2, 0.25) is 5.13 Å². The number of carbonyl (C=O) groups is 1. The molecule has 6 nitrogen and oxygen atoms in total. The SMILES string of the molecule is Cc1ccc2c(C)c(C(=O)Nc3nnns3)oc2c1. The zero-order chi connectivity index (χ0) is 13.4. The third-order valence-corrected chi connectivity index (χ3v) is 3.33. The Labute approximate surface area is 112 Å². The first-order valence-electron chi connectivity index (χ1n) is 5.61. The van der Waals surface area contributed by atoms with E-state index in [-0.39, 0.29) is 11.7 Å². The fourth-order valence-electron chi connectivity index (χ4n) is 1.89. The standard InChI is InChI=1S/C12H10N4O2S/c1-6-3-4-8-7(2)10(18-9(8)5-6)11(17)13-12-14-15-16-19-12/h3-5H,1-2H3,(H,13,14,16,17). The van der Waals surface area contributed by atoms with Gasteiger partial charge < -0.3 is 4.42 Å². The van der Waals surface area contributed by atoms with E-state index in [2.05, 4.69) is 20.1 Å². The highest BCUT2D eigenvalue weighted by molar-refractivity contribution is 7.09. The molecule has 0 spiro atoms. The summed E-state index contributed by atoms with van der Waals surface area (Å²) in [6.45, 7) is 3.83. The predicted octanol–water partition coefficient (Wildman–Crippen LogP) is 2.55. The van der Waals surface area contributed by atoms with E-state index >= 15 is 0 Å². The van der Waals surface area contributed by atoms with Crippen molar-refractivity contribution >= 4 is 33.5 Å². The Kier molecular flexibility index (Phi) is 2.75. The molecule has 0 aliphatic carbocycles. The second-order valence-corrected chi connectivity index (χ2v) is 4.91. The quantitative estimate of drug-likeness (QED) is 0.776. The van der Waals surface area contributed by atoms with Gasteiger partial charge in [-0.3, -0.25) is 10.1 Å². The summed E-state index contributed by atoms with van der Waals surface area (Å²) in [5.74, 6) is -0.0549. The van der Waals surface area contributed by atoms with Gasteiger partial charge in [0.05, 0.1) is 0 Å². The van der Waals surface area contributed by atoms with E-state index in [0.717, 1.165) is 28.0 Å². The van der Waals surface area contributed by atoms with Crippen molar-refractivity contribution in [1.29, 1.82) is 0 Å². The van der Waals surface area contributed by atoms with Crippen molar-refractivity contribution in [1.82, 2.24) is 14.8 Å². The van der Waals surface area contributed by atoms with Crippen LogP contribution in [0.4, 0.5) is 5.13 Å². The molecule has 0 aliphatic rings. The van der Waals surface area contributed by atoms with E-state index in [0.29, 0.717) is 10.7 Å². The number of carbonyl (C=O) groups excluding carboxylic acids is 1. The number of aromatic nitrogens is 3. The number of fused-ring (bicyclic) bond motifs is 1. The van der Waals surface area contributed by atoms with Crippen LogP contribution in [-0.4, -0.2) is 20.7 Å². The second-order valence-electron chi connectivity index (χ2n) is 4.18. The fourth-order valence-corrected chi connectivity index (χ4v) is 2.25. The first-order chi connectivity index (χ1) is 9.15. The molecule has 0 bridgehead atoms. The predicted molar refractivity (Wildman–Crippen MR) is 71.3 cm³/mol. The highest BCUT2D eigenvalue weighted by Gasteiger charge is 2.18. The average molecular weight is 274 g/mol. The number of nitrogens with one attached hydrogen (secondary N) is 1. The summed E-state index contributed by atoms with van der Waals surface area (Å²) in [5.41, 5.74) is 2.60. The Bertz CT molecular complexity index is 749. The zero-order valence-corrected chi connectivity index (χ0v) is 11.1. The minimum Gasteiger partial charge on any atom is -0.451 e. The molecule has 0 fully saturated rings. The molecule has 7 heteroatoms. The molecule has 1 amide bonds.